The zero-order chi connectivity index (χ0) is 23.1. The van der Waals surface area contributed by atoms with Gasteiger partial charge in [0, 0.05) is 0 Å². The molecule has 0 radical (unpaired) electrons. The number of benzene rings is 3. The fraction of sp³-hybridized carbons (Fsp3) is 0.296. The maximum absolute atomic E-state index is 14.0. The summed E-state index contributed by atoms with van der Waals surface area (Å²) >= 11 is 0. The van der Waals surface area contributed by atoms with Gasteiger partial charge in [0.25, 0.3) is 0 Å². The molecule has 0 amide bonds. The van der Waals surface area contributed by atoms with E-state index >= 15 is 0 Å². The van der Waals surface area contributed by atoms with Crippen molar-refractivity contribution in [1.29, 1.82) is 0 Å². The van der Waals surface area contributed by atoms with Gasteiger partial charge in [-0.15, -0.1) is 0 Å². The highest BCUT2D eigenvalue weighted by atomic mass is 19.1. The molecule has 0 saturated carbocycles. The van der Waals surface area contributed by atoms with Gasteiger partial charge in [-0.05, 0) is 52.9 Å². The fourth-order valence-electron chi connectivity index (χ4n) is 3.70. The lowest BCUT2D eigenvalue weighted by molar-refractivity contribution is 0.317. The van der Waals surface area contributed by atoms with E-state index in [9.17, 15) is 8.78 Å². The maximum Gasteiger partial charge on any atom is 0.222 e. The molecule has 0 aromatic heterocycles. The first-order valence-electron chi connectivity index (χ1n) is 11.0. The topological polar surface area (TPSA) is 30.8 Å². The molecular weight excluding hydrogens is 408 g/mol. The summed E-state index contributed by atoms with van der Waals surface area (Å²) in [5.74, 6) is -0.430. The molecule has 168 valence electrons. The molecule has 1 atom stereocenters. The largest absolute Gasteiger partial charge is 0.496 e. The lowest BCUT2D eigenvalue weighted by Crippen LogP contribution is -2.07. The van der Waals surface area contributed by atoms with Crippen molar-refractivity contribution in [3.8, 4) is 16.9 Å². The third-order valence-electron chi connectivity index (χ3n) is 5.26. The van der Waals surface area contributed by atoms with Gasteiger partial charge in [0.1, 0.15) is 35.6 Å². The maximum atomic E-state index is 14.0. The van der Waals surface area contributed by atoms with Gasteiger partial charge < -0.3 is 9.47 Å². The predicted molar refractivity (Wildman–Crippen MR) is 125 cm³/mol. The molecule has 3 aromatic carbocycles. The molecule has 1 aliphatic heterocycles. The fourth-order valence-corrected chi connectivity index (χ4v) is 3.70. The first-order valence-corrected chi connectivity index (χ1v) is 11.0. The molecule has 0 spiro atoms. The average Bonchev–Trinajstić information content (AvgIpc) is 3.30. The lowest BCUT2D eigenvalue weighted by Gasteiger charge is -2.11. The van der Waals surface area contributed by atoms with Crippen LogP contribution in [0.25, 0.3) is 11.1 Å². The molecule has 0 saturated heterocycles. The van der Waals surface area contributed by atoms with Crippen molar-refractivity contribution in [3.05, 3.63) is 89.0 Å². The van der Waals surface area contributed by atoms with Crippen LogP contribution in [0.4, 0.5) is 8.78 Å². The van der Waals surface area contributed by atoms with E-state index in [4.69, 9.17) is 9.47 Å². The molecule has 0 fully saturated rings. The van der Waals surface area contributed by atoms with Crippen molar-refractivity contribution < 1.29 is 18.3 Å². The van der Waals surface area contributed by atoms with Crippen molar-refractivity contribution >= 4 is 5.90 Å². The van der Waals surface area contributed by atoms with Crippen LogP contribution in [0, 0.1) is 11.6 Å². The Hall–Kier alpha value is -3.21. The van der Waals surface area contributed by atoms with Crippen LogP contribution in [0.5, 0.6) is 5.75 Å². The number of aryl methyl sites for hydroxylation is 1. The molecule has 0 N–H and O–H groups in total. The third-order valence-corrected chi connectivity index (χ3v) is 5.26. The summed E-state index contributed by atoms with van der Waals surface area (Å²) in [6.45, 7) is 6.40. The Balaban J connectivity index is 0.00000141. The van der Waals surface area contributed by atoms with Crippen molar-refractivity contribution in [3.63, 3.8) is 0 Å². The predicted octanol–water partition coefficient (Wildman–Crippen LogP) is 7.14. The van der Waals surface area contributed by atoms with Crippen LogP contribution in [0.3, 0.4) is 0 Å². The summed E-state index contributed by atoms with van der Waals surface area (Å²) in [7, 11) is 1.69. The Morgan fingerprint density at radius 2 is 1.62 bits per heavy atom. The summed E-state index contributed by atoms with van der Waals surface area (Å²) in [5.41, 5.74) is 4.12. The Morgan fingerprint density at radius 3 is 2.25 bits per heavy atom. The van der Waals surface area contributed by atoms with Gasteiger partial charge in [0.15, 0.2) is 0 Å². The van der Waals surface area contributed by atoms with E-state index in [0.29, 0.717) is 0 Å². The minimum Gasteiger partial charge on any atom is -0.496 e. The number of hydrogen-bond acceptors (Lipinski definition) is 3. The number of aliphatic imine (C=N–C) groups is 1. The van der Waals surface area contributed by atoms with E-state index in [0.717, 1.165) is 35.3 Å². The molecular formula is C27H29F2NO2. The third kappa shape index (κ3) is 4.98. The molecule has 0 aliphatic carbocycles. The lowest BCUT2D eigenvalue weighted by atomic mass is 9.98. The van der Waals surface area contributed by atoms with Gasteiger partial charge in [-0.2, -0.15) is 0 Å². The Bertz CT molecular complexity index is 1060. The van der Waals surface area contributed by atoms with Crippen molar-refractivity contribution in [2.75, 3.05) is 13.7 Å². The first kappa shape index (κ1) is 23.5. The zero-order valence-electron chi connectivity index (χ0n) is 19.0. The summed E-state index contributed by atoms with van der Waals surface area (Å²) in [4.78, 5) is 4.41. The van der Waals surface area contributed by atoms with Crippen LogP contribution in [0.2, 0.25) is 0 Å². The van der Waals surface area contributed by atoms with Crippen LogP contribution >= 0.6 is 0 Å². The molecule has 1 heterocycles. The monoisotopic (exact) mass is 437 g/mol. The molecule has 5 heteroatoms. The standard InChI is InChI=1S/C25H23F2NO2.C2H6/c1-3-5-19-14-18(12-13-23(19)29-2)16-8-10-17(11-9-16)22-15-30-25(28-22)24-20(26)6-4-7-21(24)27;1-2/h4,6-14,22H,3,5,15H2,1-2H3;1-2H3. The summed E-state index contributed by atoms with van der Waals surface area (Å²) in [5, 5.41) is 0. The highest BCUT2D eigenvalue weighted by molar-refractivity contribution is 5.95. The number of ether oxygens (including phenoxy) is 2. The van der Waals surface area contributed by atoms with Crippen LogP contribution in [-0.2, 0) is 11.2 Å². The van der Waals surface area contributed by atoms with Gasteiger partial charge in [-0.1, -0.05) is 63.6 Å². The number of rotatable bonds is 6. The Labute approximate surface area is 188 Å². The number of halogens is 2. The zero-order valence-corrected chi connectivity index (χ0v) is 19.0. The van der Waals surface area contributed by atoms with E-state index in [-0.39, 0.29) is 24.1 Å². The molecule has 3 aromatic rings. The van der Waals surface area contributed by atoms with Crippen molar-refractivity contribution in [1.82, 2.24) is 0 Å². The van der Waals surface area contributed by atoms with Crippen LogP contribution < -0.4 is 4.74 Å². The molecule has 1 unspecified atom stereocenters. The normalized spacial score (nSPS) is 14.8. The van der Waals surface area contributed by atoms with E-state index in [2.05, 4.69) is 18.0 Å². The molecule has 0 bridgehead atoms. The minimum atomic E-state index is -0.674. The van der Waals surface area contributed by atoms with Crippen molar-refractivity contribution in [2.45, 2.75) is 39.7 Å². The van der Waals surface area contributed by atoms with Crippen LogP contribution in [0.1, 0.15) is 49.9 Å². The van der Waals surface area contributed by atoms with Gasteiger partial charge >= 0.3 is 0 Å². The molecule has 4 rings (SSSR count). The number of hydrogen-bond donors (Lipinski definition) is 0. The number of methoxy groups -OCH3 is 1. The Morgan fingerprint density at radius 1 is 0.969 bits per heavy atom. The summed E-state index contributed by atoms with van der Waals surface area (Å²) in [6, 6.07) is 17.7. The quantitative estimate of drug-likeness (QED) is 0.410. The summed E-state index contributed by atoms with van der Waals surface area (Å²) < 4.78 is 39.0. The Kier molecular flexibility index (Phi) is 7.98. The second-order valence-corrected chi connectivity index (χ2v) is 7.26. The number of nitrogens with zero attached hydrogens (tertiary/aromatic N) is 1. The van der Waals surface area contributed by atoms with Gasteiger partial charge in [0.2, 0.25) is 5.90 Å². The minimum absolute atomic E-state index is 0.0130. The average molecular weight is 438 g/mol. The highest BCUT2D eigenvalue weighted by Crippen LogP contribution is 2.31. The SMILES string of the molecule is CC.CCCc1cc(-c2ccc(C3COC(c4c(F)cccc4F)=N3)cc2)ccc1OC. The van der Waals surface area contributed by atoms with Crippen LogP contribution in [-0.4, -0.2) is 19.6 Å². The van der Waals surface area contributed by atoms with E-state index < -0.39 is 11.6 Å². The first-order chi connectivity index (χ1) is 15.6. The van der Waals surface area contributed by atoms with Gasteiger partial charge in [-0.25, -0.2) is 13.8 Å². The van der Waals surface area contributed by atoms with Gasteiger partial charge in [0.05, 0.1) is 7.11 Å². The highest BCUT2D eigenvalue weighted by Gasteiger charge is 2.26. The van der Waals surface area contributed by atoms with Gasteiger partial charge in [-0.3, -0.25) is 0 Å². The molecule has 3 nitrogen and oxygen atoms in total. The van der Waals surface area contributed by atoms with E-state index in [1.807, 2.05) is 50.2 Å². The molecule has 1 aliphatic rings. The second kappa shape index (κ2) is 10.9. The van der Waals surface area contributed by atoms with Crippen LogP contribution in [0.15, 0.2) is 65.7 Å². The summed E-state index contributed by atoms with van der Waals surface area (Å²) in [6.07, 6.45) is 2.00. The second-order valence-electron chi connectivity index (χ2n) is 7.26. The molecule has 32 heavy (non-hydrogen) atoms. The van der Waals surface area contributed by atoms with E-state index in [1.54, 1.807) is 7.11 Å². The smallest absolute Gasteiger partial charge is 0.222 e. The van der Waals surface area contributed by atoms with Crippen molar-refractivity contribution in [2.24, 2.45) is 4.99 Å². The van der Waals surface area contributed by atoms with E-state index in [1.165, 1.54) is 23.8 Å².